The Labute approximate surface area is 147 Å². The molecule has 3 rings (SSSR count). The highest BCUT2D eigenvalue weighted by Gasteiger charge is 2.25. The lowest BCUT2D eigenvalue weighted by Crippen LogP contribution is -2.51. The van der Waals surface area contributed by atoms with Crippen LogP contribution in [0, 0.1) is 6.92 Å². The number of piperazine rings is 1. The van der Waals surface area contributed by atoms with Crippen molar-refractivity contribution in [2.24, 2.45) is 0 Å². The van der Waals surface area contributed by atoms with Gasteiger partial charge in [-0.3, -0.25) is 9.80 Å². The van der Waals surface area contributed by atoms with Gasteiger partial charge >= 0.3 is 0 Å². The monoisotopic (exact) mass is 331 g/mol. The standard InChI is InChI=1S/C20H33N3O/c1-16(2)20-5-4-19(14-17(20)3)24-13-12-22-8-10-23(11-9-22)18-6-7-21-15-18/h4-5,14,16,18,21H,6-13,15H2,1-3H3. The maximum atomic E-state index is 5.99. The Kier molecular flexibility index (Phi) is 6.14. The van der Waals surface area contributed by atoms with Crippen LogP contribution in [-0.2, 0) is 0 Å². The molecule has 4 heteroatoms. The fourth-order valence-corrected chi connectivity index (χ4v) is 3.98. The minimum Gasteiger partial charge on any atom is -0.492 e. The van der Waals surface area contributed by atoms with E-state index in [-0.39, 0.29) is 0 Å². The Bertz CT molecular complexity index is 518. The number of nitrogens with zero attached hydrogens (tertiary/aromatic N) is 2. The summed E-state index contributed by atoms with van der Waals surface area (Å²) >= 11 is 0. The molecule has 2 heterocycles. The van der Waals surface area contributed by atoms with Crippen molar-refractivity contribution in [1.29, 1.82) is 0 Å². The molecule has 2 aliphatic rings. The van der Waals surface area contributed by atoms with Crippen LogP contribution < -0.4 is 10.1 Å². The second kappa shape index (κ2) is 8.32. The topological polar surface area (TPSA) is 27.7 Å². The summed E-state index contributed by atoms with van der Waals surface area (Å²) in [6.07, 6.45) is 1.31. The van der Waals surface area contributed by atoms with Crippen LogP contribution in [0.3, 0.4) is 0 Å². The van der Waals surface area contributed by atoms with Gasteiger partial charge in [0.15, 0.2) is 0 Å². The van der Waals surface area contributed by atoms with E-state index < -0.39 is 0 Å². The van der Waals surface area contributed by atoms with Crippen LogP contribution >= 0.6 is 0 Å². The van der Waals surface area contributed by atoms with Crippen LogP contribution in [0.25, 0.3) is 0 Å². The molecular weight excluding hydrogens is 298 g/mol. The Hall–Kier alpha value is -1.10. The first-order chi connectivity index (χ1) is 11.6. The van der Waals surface area contributed by atoms with Crippen LogP contribution in [0.15, 0.2) is 18.2 Å². The van der Waals surface area contributed by atoms with Gasteiger partial charge in [-0.05, 0) is 49.1 Å². The molecule has 1 atom stereocenters. The van der Waals surface area contributed by atoms with Crippen LogP contribution in [0.1, 0.15) is 37.3 Å². The largest absolute Gasteiger partial charge is 0.492 e. The molecule has 4 nitrogen and oxygen atoms in total. The summed E-state index contributed by atoms with van der Waals surface area (Å²) in [5.41, 5.74) is 2.75. The average molecular weight is 332 g/mol. The fraction of sp³-hybridized carbons (Fsp3) is 0.700. The van der Waals surface area contributed by atoms with Gasteiger partial charge in [-0.25, -0.2) is 0 Å². The highest BCUT2D eigenvalue weighted by atomic mass is 16.5. The van der Waals surface area contributed by atoms with E-state index in [4.69, 9.17) is 4.74 Å². The predicted octanol–water partition coefficient (Wildman–Crippen LogP) is 2.48. The molecule has 24 heavy (non-hydrogen) atoms. The smallest absolute Gasteiger partial charge is 0.119 e. The molecule has 0 bridgehead atoms. The minimum absolute atomic E-state index is 0.574. The van der Waals surface area contributed by atoms with Crippen LogP contribution in [0.4, 0.5) is 0 Å². The van der Waals surface area contributed by atoms with E-state index in [1.807, 2.05) is 0 Å². The van der Waals surface area contributed by atoms with Gasteiger partial charge in [-0.15, -0.1) is 0 Å². The number of hydrogen-bond acceptors (Lipinski definition) is 4. The third-order valence-electron chi connectivity index (χ3n) is 5.50. The van der Waals surface area contributed by atoms with Crippen molar-refractivity contribution in [2.75, 3.05) is 52.4 Å². The van der Waals surface area contributed by atoms with E-state index in [1.165, 1.54) is 56.8 Å². The van der Waals surface area contributed by atoms with E-state index in [2.05, 4.69) is 54.1 Å². The molecule has 0 saturated carbocycles. The van der Waals surface area contributed by atoms with E-state index in [1.54, 1.807) is 0 Å². The normalized spacial score (nSPS) is 23.1. The predicted molar refractivity (Wildman–Crippen MR) is 100 cm³/mol. The first-order valence-electron chi connectivity index (χ1n) is 9.54. The summed E-state index contributed by atoms with van der Waals surface area (Å²) in [7, 11) is 0. The van der Waals surface area contributed by atoms with Gasteiger partial charge in [-0.1, -0.05) is 19.9 Å². The quantitative estimate of drug-likeness (QED) is 0.867. The van der Waals surface area contributed by atoms with Crippen molar-refractivity contribution < 1.29 is 4.74 Å². The van der Waals surface area contributed by atoms with E-state index >= 15 is 0 Å². The van der Waals surface area contributed by atoms with Crippen molar-refractivity contribution in [3.63, 3.8) is 0 Å². The maximum absolute atomic E-state index is 5.99. The second-order valence-corrected chi connectivity index (χ2v) is 7.55. The van der Waals surface area contributed by atoms with Crippen LogP contribution in [-0.4, -0.2) is 68.3 Å². The Balaban J connectivity index is 1.39. The maximum Gasteiger partial charge on any atom is 0.119 e. The van der Waals surface area contributed by atoms with E-state index in [0.29, 0.717) is 5.92 Å². The summed E-state index contributed by atoms with van der Waals surface area (Å²) in [6.45, 7) is 15.6. The van der Waals surface area contributed by atoms with Gasteiger partial charge in [0.25, 0.3) is 0 Å². The number of rotatable bonds is 6. The number of hydrogen-bond donors (Lipinski definition) is 1. The third-order valence-corrected chi connectivity index (χ3v) is 5.50. The molecule has 1 aromatic carbocycles. The van der Waals surface area contributed by atoms with Crippen molar-refractivity contribution in [2.45, 2.75) is 39.2 Å². The summed E-state index contributed by atoms with van der Waals surface area (Å²) in [4.78, 5) is 5.19. The van der Waals surface area contributed by atoms with Crippen molar-refractivity contribution in [3.05, 3.63) is 29.3 Å². The molecule has 0 radical (unpaired) electrons. The zero-order chi connectivity index (χ0) is 16.9. The van der Waals surface area contributed by atoms with Gasteiger partial charge in [0, 0.05) is 45.3 Å². The molecule has 0 amide bonds. The highest BCUT2D eigenvalue weighted by molar-refractivity contribution is 5.36. The van der Waals surface area contributed by atoms with Gasteiger partial charge in [-0.2, -0.15) is 0 Å². The van der Waals surface area contributed by atoms with E-state index in [0.717, 1.165) is 24.9 Å². The summed E-state index contributed by atoms with van der Waals surface area (Å²) in [5.74, 6) is 1.58. The molecule has 2 fully saturated rings. The molecule has 1 aromatic rings. The lowest BCUT2D eigenvalue weighted by molar-refractivity contribution is 0.0921. The Morgan fingerprint density at radius 2 is 2.00 bits per heavy atom. The molecule has 2 saturated heterocycles. The SMILES string of the molecule is Cc1cc(OCCN2CCN(C3CCNC3)CC2)ccc1C(C)C. The number of ether oxygens (including phenoxy) is 1. The van der Waals surface area contributed by atoms with Gasteiger partial charge in [0.05, 0.1) is 0 Å². The zero-order valence-corrected chi connectivity index (χ0v) is 15.6. The van der Waals surface area contributed by atoms with Crippen molar-refractivity contribution in [3.8, 4) is 5.75 Å². The fourth-order valence-electron chi connectivity index (χ4n) is 3.98. The molecular formula is C20H33N3O. The minimum atomic E-state index is 0.574. The van der Waals surface area contributed by atoms with E-state index in [9.17, 15) is 0 Å². The number of benzene rings is 1. The van der Waals surface area contributed by atoms with Gasteiger partial charge < -0.3 is 10.1 Å². The lowest BCUT2D eigenvalue weighted by atomic mass is 9.98. The van der Waals surface area contributed by atoms with Crippen LogP contribution in [0.2, 0.25) is 0 Å². The molecule has 0 spiro atoms. The average Bonchev–Trinajstić information content (AvgIpc) is 3.10. The molecule has 1 unspecified atom stereocenters. The van der Waals surface area contributed by atoms with Gasteiger partial charge in [0.1, 0.15) is 12.4 Å². The summed E-state index contributed by atoms with van der Waals surface area (Å²) in [6, 6.07) is 7.28. The molecule has 134 valence electrons. The third kappa shape index (κ3) is 4.50. The molecule has 0 aromatic heterocycles. The van der Waals surface area contributed by atoms with Gasteiger partial charge in [0.2, 0.25) is 0 Å². The molecule has 0 aliphatic carbocycles. The Morgan fingerprint density at radius 1 is 1.21 bits per heavy atom. The Morgan fingerprint density at radius 3 is 2.62 bits per heavy atom. The summed E-state index contributed by atoms with van der Waals surface area (Å²) < 4.78 is 5.99. The second-order valence-electron chi connectivity index (χ2n) is 7.55. The first kappa shape index (κ1) is 17.7. The van der Waals surface area contributed by atoms with Crippen LogP contribution in [0.5, 0.6) is 5.75 Å². The van der Waals surface area contributed by atoms with Crippen molar-refractivity contribution in [1.82, 2.24) is 15.1 Å². The summed E-state index contributed by atoms with van der Waals surface area (Å²) in [5, 5.41) is 3.47. The zero-order valence-electron chi connectivity index (χ0n) is 15.6. The number of aryl methyl sites for hydroxylation is 1. The molecule has 1 N–H and O–H groups in total. The molecule has 2 aliphatic heterocycles. The number of nitrogens with one attached hydrogen (secondary N) is 1. The highest BCUT2D eigenvalue weighted by Crippen LogP contribution is 2.23. The lowest BCUT2D eigenvalue weighted by Gasteiger charge is -2.37. The first-order valence-corrected chi connectivity index (χ1v) is 9.54. The van der Waals surface area contributed by atoms with Crippen molar-refractivity contribution >= 4 is 0 Å².